The summed E-state index contributed by atoms with van der Waals surface area (Å²) in [5.41, 5.74) is 34.9. The minimum Gasteiger partial charge on any atom is -0.310 e. The van der Waals surface area contributed by atoms with E-state index in [-0.39, 0.29) is 0 Å². The first-order valence-corrected chi connectivity index (χ1v) is 45.2. The third-order valence-corrected chi connectivity index (χ3v) is 27.3. The van der Waals surface area contributed by atoms with Gasteiger partial charge in [-0.05, 0) is 216 Å². The van der Waals surface area contributed by atoms with Crippen molar-refractivity contribution in [2.24, 2.45) is 0 Å². The van der Waals surface area contributed by atoms with Crippen LogP contribution >= 0.6 is 0 Å². The molecule has 2 aliphatic heterocycles. The Morgan fingerprint density at radius 1 is 0.205 bits per heavy atom. The van der Waals surface area contributed by atoms with Crippen molar-refractivity contribution in [2.75, 3.05) is 9.80 Å². The highest BCUT2D eigenvalue weighted by atomic mass is 15.2. The fraction of sp³-hybridized carbons (Fsp3) is 0.0656. The summed E-state index contributed by atoms with van der Waals surface area (Å²) < 4.78 is 4.79. The lowest BCUT2D eigenvalue weighted by Crippen LogP contribution is -2.38. The lowest BCUT2D eigenvalue weighted by molar-refractivity contribution is 0.732. The van der Waals surface area contributed by atoms with E-state index in [9.17, 15) is 0 Å². The van der Waals surface area contributed by atoms with E-state index < -0.39 is 10.8 Å². The Morgan fingerprint density at radius 3 is 0.902 bits per heavy atom. The monoisotopic (exact) mass is 1690 g/mol. The number of nitrogens with zero attached hydrogens (tertiary/aromatic N) is 10. The Balaban J connectivity index is 0.000000150. The topological polar surface area (TPSA) is 93.7 Å². The second-order valence-corrected chi connectivity index (χ2v) is 34.6. The Morgan fingerprint density at radius 2 is 0.515 bits per heavy atom. The van der Waals surface area contributed by atoms with E-state index in [4.69, 9.17) is 29.9 Å². The summed E-state index contributed by atoms with van der Waals surface area (Å²) in [6.45, 7) is 13.3. The molecule has 4 aromatic heterocycles. The number of benzene rings is 18. The molecule has 0 radical (unpaired) electrons. The van der Waals surface area contributed by atoms with E-state index in [1.54, 1.807) is 0 Å². The summed E-state index contributed by atoms with van der Waals surface area (Å²) in [7, 11) is 0. The second kappa shape index (κ2) is 32.8. The molecule has 132 heavy (non-hydrogen) atoms. The Hall–Kier alpha value is -16.8. The van der Waals surface area contributed by atoms with Gasteiger partial charge in [-0.25, -0.2) is 29.9 Å². The van der Waals surface area contributed by atoms with Crippen molar-refractivity contribution in [2.45, 2.75) is 52.4 Å². The molecule has 10 nitrogen and oxygen atoms in total. The highest BCUT2D eigenvalue weighted by Crippen LogP contribution is 2.62. The van der Waals surface area contributed by atoms with Crippen molar-refractivity contribution in [3.63, 3.8) is 0 Å². The van der Waals surface area contributed by atoms with Gasteiger partial charge in [0.15, 0.2) is 34.9 Å². The van der Waals surface area contributed by atoms with Gasteiger partial charge in [0.25, 0.3) is 0 Å². The molecule has 0 saturated heterocycles. The van der Waals surface area contributed by atoms with Crippen LogP contribution in [0.1, 0.15) is 77.9 Å². The number of rotatable bonds is 14. The number of aromatic nitrogens is 8. The number of anilines is 6. The molecule has 0 bridgehead atoms. The lowest BCUT2D eigenvalue weighted by atomic mass is 9.62. The largest absolute Gasteiger partial charge is 0.310 e. The lowest BCUT2D eigenvalue weighted by Gasteiger charge is -2.47. The molecule has 0 amide bonds. The zero-order valence-corrected chi connectivity index (χ0v) is 74.0. The molecule has 0 unspecified atom stereocenters. The maximum atomic E-state index is 5.18. The Kier molecular flexibility index (Phi) is 19.8. The summed E-state index contributed by atoms with van der Waals surface area (Å²) >= 11 is 0. The number of hydrogen-bond donors (Lipinski definition) is 0. The molecular formula is C122H90N10. The average Bonchev–Trinajstić information content (AvgIpc) is 0.759. The summed E-state index contributed by atoms with van der Waals surface area (Å²) in [6, 6.07) is 157. The summed E-state index contributed by atoms with van der Waals surface area (Å²) in [5, 5.41) is 4.91. The molecule has 22 aromatic rings. The molecule has 24 rings (SSSR count). The molecule has 6 heterocycles. The van der Waals surface area contributed by atoms with Crippen LogP contribution < -0.4 is 9.80 Å². The predicted octanol–water partition coefficient (Wildman–Crippen LogP) is 30.1. The molecule has 18 aromatic carbocycles. The van der Waals surface area contributed by atoms with Crippen LogP contribution in [0.2, 0.25) is 0 Å². The van der Waals surface area contributed by atoms with E-state index in [0.29, 0.717) is 34.9 Å². The molecule has 0 N–H and O–H groups in total. The maximum absolute atomic E-state index is 5.18. The zero-order valence-electron chi connectivity index (χ0n) is 74.0. The highest BCUT2D eigenvalue weighted by molar-refractivity contribution is 6.12. The van der Waals surface area contributed by atoms with E-state index in [2.05, 4.69) is 424 Å². The molecule has 10 heteroatoms. The first kappa shape index (κ1) is 79.8. The van der Waals surface area contributed by atoms with Crippen LogP contribution in [0.25, 0.3) is 123 Å². The Labute approximate surface area is 768 Å². The Bertz CT molecular complexity index is 7990. The van der Waals surface area contributed by atoms with Crippen molar-refractivity contribution in [3.8, 4) is 79.7 Å². The van der Waals surface area contributed by atoms with E-state index in [0.717, 1.165) is 107 Å². The van der Waals surface area contributed by atoms with Crippen molar-refractivity contribution in [1.29, 1.82) is 0 Å². The predicted molar refractivity (Wildman–Crippen MR) is 542 cm³/mol. The van der Waals surface area contributed by atoms with Crippen LogP contribution in [-0.4, -0.2) is 39.0 Å². The van der Waals surface area contributed by atoms with Crippen LogP contribution in [0.5, 0.6) is 0 Å². The SMILES string of the molecule is Cc1cc(-c2nc(-c3ccccc3)nc(-c3ccccc3)n2)c(C)c(C)c1N1c2ccccc2C(c2ccccc2)(c2ccc3c(c2)c2ccccc2n3-c2ccccc2)c2ccccc21.Cc1cc(N2c3ccccc3C(c3ccccc3)(c3ccc4c(c3)c3ccccc3n4-c3ccccc3)c3ccccc32)c(C)c(C)c1-c1nc(-c2ccccc2)nc(-c2ccccc2)n1. The maximum Gasteiger partial charge on any atom is 0.164 e. The first-order chi connectivity index (χ1) is 65.0. The number of aryl methyl sites for hydroxylation is 2. The number of para-hydroxylation sites is 8. The molecule has 0 fully saturated rings. The van der Waals surface area contributed by atoms with Crippen LogP contribution in [-0.2, 0) is 10.8 Å². The fourth-order valence-electron chi connectivity index (χ4n) is 21.2. The minimum atomic E-state index is -0.654. The van der Waals surface area contributed by atoms with Crippen molar-refractivity contribution in [1.82, 2.24) is 39.0 Å². The number of hydrogen-bond acceptors (Lipinski definition) is 8. The normalized spacial score (nSPS) is 12.9. The first-order valence-electron chi connectivity index (χ1n) is 45.2. The molecule has 0 saturated carbocycles. The summed E-state index contributed by atoms with van der Waals surface area (Å²) in [5.74, 6) is 3.93. The average molecular weight is 1700 g/mol. The number of fused-ring (bicyclic) bond motifs is 10. The third-order valence-electron chi connectivity index (χ3n) is 27.3. The van der Waals surface area contributed by atoms with Crippen molar-refractivity contribution < 1.29 is 0 Å². The quantitative estimate of drug-likeness (QED) is 0.106. The highest BCUT2D eigenvalue weighted by Gasteiger charge is 2.49. The molecule has 0 atom stereocenters. The van der Waals surface area contributed by atoms with Crippen LogP contribution in [0.4, 0.5) is 34.1 Å². The van der Waals surface area contributed by atoms with Gasteiger partial charge in [-0.2, -0.15) is 0 Å². The fourth-order valence-corrected chi connectivity index (χ4v) is 21.2. The van der Waals surface area contributed by atoms with Gasteiger partial charge >= 0.3 is 0 Å². The van der Waals surface area contributed by atoms with Crippen LogP contribution in [0.15, 0.2) is 437 Å². The van der Waals surface area contributed by atoms with Gasteiger partial charge in [-0.1, -0.05) is 340 Å². The van der Waals surface area contributed by atoms with E-state index in [1.165, 1.54) is 93.7 Å². The van der Waals surface area contributed by atoms with E-state index in [1.807, 2.05) is 72.8 Å². The standard InChI is InChI=1S/2C61H45N5/c1-40-38-56(41(2)42(3)57(40)60-63-58(43-22-8-4-9-23-43)62-59(64-60)44-24-10-5-11-25-44)66-54-34-20-17-31-50(54)61(45-26-12-6-13-27-45,51-32-18-21-35-55(51)66)46-36-37-53-49(39-46)48-30-16-19-33-52(48)65(53)47-28-14-7-15-29-47;1-40-38-49(60-63-58(43-22-8-4-9-23-43)62-59(64-60)44-24-10-5-11-25-44)41(2)42(3)57(40)66-55-34-20-17-31-51(55)61(45-26-12-6-13-27-45,52-32-18-21-35-56(52)66)46-36-37-54-50(39-46)48-30-16-19-33-53(48)65(54)47-28-14-7-15-29-47/h2*4-39H,1-3H3. The van der Waals surface area contributed by atoms with Crippen LogP contribution in [0.3, 0.4) is 0 Å². The van der Waals surface area contributed by atoms with Gasteiger partial charge in [0.1, 0.15) is 0 Å². The van der Waals surface area contributed by atoms with Gasteiger partial charge in [-0.15, -0.1) is 0 Å². The van der Waals surface area contributed by atoms with E-state index >= 15 is 0 Å². The van der Waals surface area contributed by atoms with Gasteiger partial charge in [0.05, 0.1) is 61.3 Å². The summed E-state index contributed by atoms with van der Waals surface area (Å²) in [6.07, 6.45) is 0. The molecule has 2 aliphatic rings. The zero-order chi connectivity index (χ0) is 88.7. The van der Waals surface area contributed by atoms with Gasteiger partial charge in [0, 0.05) is 72.0 Å². The van der Waals surface area contributed by atoms with Crippen molar-refractivity contribution >= 4 is 77.7 Å². The van der Waals surface area contributed by atoms with Crippen LogP contribution in [0, 0.1) is 41.5 Å². The minimum absolute atomic E-state index is 0.650. The van der Waals surface area contributed by atoms with Gasteiger partial charge in [-0.3, -0.25) is 0 Å². The van der Waals surface area contributed by atoms with Gasteiger partial charge in [0.2, 0.25) is 0 Å². The molecular weight excluding hydrogens is 1610 g/mol. The third kappa shape index (κ3) is 13.0. The van der Waals surface area contributed by atoms with Gasteiger partial charge < -0.3 is 18.9 Å². The summed E-state index contributed by atoms with van der Waals surface area (Å²) in [4.78, 5) is 35.7. The van der Waals surface area contributed by atoms with Crippen molar-refractivity contribution in [3.05, 3.63) is 515 Å². The molecule has 628 valence electrons. The molecule has 0 aliphatic carbocycles. The second-order valence-electron chi connectivity index (χ2n) is 34.6. The smallest absolute Gasteiger partial charge is 0.164 e. The molecule has 0 spiro atoms.